The molecule has 298 valence electrons. The van der Waals surface area contributed by atoms with E-state index in [1.165, 1.54) is 37.3 Å². The number of aliphatic hydroxyl groups is 5. The Hall–Kier alpha value is -1.40. The summed E-state index contributed by atoms with van der Waals surface area (Å²) in [4.78, 5) is 56.3. The fraction of sp³-hybridized carbons (Fsp3) is 0.463. The number of ether oxygens (including phenoxy) is 3. The monoisotopic (exact) mass is 1230 g/mol. The largest absolute Gasteiger partial charge is 0.456 e. The standard InChI is InChI=1S/C41H45NO12S.2Ac/c1-21-24(53-37(49)31(45)29(25-16-11-17-55-25)42-35(47)22-12-7-5-8-13-22)19-41(51)34(54-36(48)23-14-9-6-10-15-23)32-39(4,26(43)18-27-40(32,50)20-52-27)33(46)30(44)28(21)38(41,2)3;;/h5-17,24,26-27,29-32,34,43-45,50-51H,18-20H2,1-4H3,(H,42,47);;/t24?,26?,27?,29?,30?,31?,32?,34?,39-,40?,41?;;/m1../s1. The van der Waals surface area contributed by atoms with E-state index in [1.807, 2.05) is 0 Å². The van der Waals surface area contributed by atoms with E-state index >= 15 is 0 Å². The zero-order chi connectivity index (χ0) is 39.7. The molecule has 1 aromatic heterocycles. The van der Waals surface area contributed by atoms with Gasteiger partial charge in [-0.15, -0.1) is 11.3 Å². The second-order valence-electron chi connectivity index (χ2n) is 15.8. The number of ketones is 1. The van der Waals surface area contributed by atoms with E-state index in [0.29, 0.717) is 4.88 Å². The molecule has 7 rings (SSSR count). The van der Waals surface area contributed by atoms with E-state index in [9.17, 15) is 44.7 Å². The number of aliphatic hydroxyl groups excluding tert-OH is 3. The normalized spacial score (nSPS) is 33.5. The number of rotatable bonds is 8. The summed E-state index contributed by atoms with van der Waals surface area (Å²) in [5, 5.41) is 65.1. The summed E-state index contributed by atoms with van der Waals surface area (Å²) in [5.41, 5.74) is -7.17. The van der Waals surface area contributed by atoms with Gasteiger partial charge in [0.25, 0.3) is 5.91 Å². The molecule has 2 saturated carbocycles. The smallest absolute Gasteiger partial charge is 0.338 e. The topological polar surface area (TPSA) is 209 Å². The van der Waals surface area contributed by atoms with E-state index < -0.39 is 101 Å². The van der Waals surface area contributed by atoms with Gasteiger partial charge < -0.3 is 45.1 Å². The van der Waals surface area contributed by atoms with Crippen LogP contribution < -0.4 is 5.32 Å². The number of carbonyl (C=O) groups excluding carboxylic acids is 4. The molecule has 16 heteroatoms. The first-order chi connectivity index (χ1) is 26.0. The quantitative estimate of drug-likeness (QED) is 0.142. The maximum absolute atomic E-state index is 14.7. The molecule has 4 aliphatic rings. The average Bonchev–Trinajstić information content (AvgIpc) is 3.71. The van der Waals surface area contributed by atoms with Gasteiger partial charge in [-0.3, -0.25) is 9.59 Å². The molecule has 57 heavy (non-hydrogen) atoms. The summed E-state index contributed by atoms with van der Waals surface area (Å²) in [5.74, 6) is -5.03. The third-order valence-electron chi connectivity index (χ3n) is 12.6. The SMILES string of the molecule is CC1=C2C(O)C(=O)[C@]3(C)C(O)CC4OCC4(O)C3C(OC(=O)c3ccccc3)C(O)(CC1OC(=O)C(O)C(NC(=O)c1ccccc1)c1cccs1)C2(C)C.[Ac].[Ac]. The number of thiophene rings is 1. The molecule has 13 nitrogen and oxygen atoms in total. The molecule has 11 atom stereocenters. The van der Waals surface area contributed by atoms with Crippen LogP contribution >= 0.6 is 11.3 Å². The number of amides is 1. The van der Waals surface area contributed by atoms with Gasteiger partial charge in [0.1, 0.15) is 35.6 Å². The minimum atomic E-state index is -2.29. The summed E-state index contributed by atoms with van der Waals surface area (Å²) in [7, 11) is 0. The van der Waals surface area contributed by atoms with Crippen LogP contribution in [-0.2, 0) is 23.8 Å². The van der Waals surface area contributed by atoms with Gasteiger partial charge in [0.15, 0.2) is 11.9 Å². The molecule has 6 N–H and O–H groups in total. The van der Waals surface area contributed by atoms with Crippen LogP contribution in [0.3, 0.4) is 0 Å². The number of benzene rings is 2. The van der Waals surface area contributed by atoms with Gasteiger partial charge >= 0.3 is 11.9 Å². The summed E-state index contributed by atoms with van der Waals surface area (Å²) in [6.07, 6.45) is -10.2. The molecule has 2 radical (unpaired) electrons. The van der Waals surface area contributed by atoms with Crippen LogP contribution in [0.4, 0.5) is 0 Å². The van der Waals surface area contributed by atoms with Gasteiger partial charge in [-0.1, -0.05) is 56.3 Å². The summed E-state index contributed by atoms with van der Waals surface area (Å²) >= 11 is 1.19. The van der Waals surface area contributed by atoms with Gasteiger partial charge in [-0.2, -0.15) is 0 Å². The summed E-state index contributed by atoms with van der Waals surface area (Å²) in [6, 6.07) is 18.2. The number of hydrogen-bond donors (Lipinski definition) is 6. The molecule has 2 aromatic carbocycles. The molecule has 0 spiro atoms. The van der Waals surface area contributed by atoms with Crippen LogP contribution in [0, 0.1) is 105 Å². The average molecular weight is 1230 g/mol. The van der Waals surface area contributed by atoms with Crippen molar-refractivity contribution in [2.24, 2.45) is 16.7 Å². The van der Waals surface area contributed by atoms with Crippen molar-refractivity contribution in [1.29, 1.82) is 0 Å². The van der Waals surface area contributed by atoms with Crippen LogP contribution in [0.15, 0.2) is 89.3 Å². The van der Waals surface area contributed by atoms with Crippen LogP contribution in [-0.4, -0.2) is 104 Å². The molecular weight excluding hydrogens is 1180 g/mol. The number of esters is 2. The zero-order valence-corrected chi connectivity index (χ0v) is 42.2. The molecular formula is C41H45Ac2NO12S. The van der Waals surface area contributed by atoms with Crippen molar-refractivity contribution in [3.8, 4) is 0 Å². The third-order valence-corrected chi connectivity index (χ3v) is 13.6. The molecule has 2 heterocycles. The van der Waals surface area contributed by atoms with E-state index in [2.05, 4.69) is 5.32 Å². The first-order valence-electron chi connectivity index (χ1n) is 18.2. The van der Waals surface area contributed by atoms with E-state index in [1.54, 1.807) is 79.9 Å². The minimum absolute atomic E-state index is 0. The van der Waals surface area contributed by atoms with Crippen molar-refractivity contribution in [1.82, 2.24) is 5.32 Å². The van der Waals surface area contributed by atoms with Gasteiger partial charge in [-0.05, 0) is 60.7 Å². The second-order valence-corrected chi connectivity index (χ2v) is 16.8. The van der Waals surface area contributed by atoms with E-state index in [4.69, 9.17) is 14.2 Å². The van der Waals surface area contributed by atoms with Crippen molar-refractivity contribution in [3.05, 3.63) is 105 Å². The molecule has 1 saturated heterocycles. The Balaban J connectivity index is 0.00000310. The van der Waals surface area contributed by atoms with Crippen molar-refractivity contribution in [3.63, 3.8) is 0 Å². The number of hydrogen-bond acceptors (Lipinski definition) is 13. The van der Waals surface area contributed by atoms with Crippen molar-refractivity contribution in [2.45, 2.75) is 94.4 Å². The predicted octanol–water partition coefficient (Wildman–Crippen LogP) is 2.66. The first-order valence-corrected chi connectivity index (χ1v) is 19.1. The van der Waals surface area contributed by atoms with Crippen molar-refractivity contribution >= 4 is 35.0 Å². The Bertz CT molecular complexity index is 2020. The number of fused-ring (bicyclic) bond motifs is 5. The Morgan fingerprint density at radius 3 is 2.09 bits per heavy atom. The maximum atomic E-state index is 14.7. The van der Waals surface area contributed by atoms with Gasteiger partial charge in [0.05, 0.1) is 29.8 Å². The molecule has 2 bridgehead atoms. The molecule has 3 aromatic rings. The van der Waals surface area contributed by atoms with E-state index in [-0.39, 0.29) is 123 Å². The molecule has 1 amide bonds. The Kier molecular flexibility index (Phi) is 14.4. The van der Waals surface area contributed by atoms with Crippen LogP contribution in [0.2, 0.25) is 0 Å². The number of carbonyl (C=O) groups is 4. The van der Waals surface area contributed by atoms with Gasteiger partial charge in [0, 0.05) is 123 Å². The zero-order valence-electron chi connectivity index (χ0n) is 31.9. The third kappa shape index (κ3) is 7.75. The maximum Gasteiger partial charge on any atom is 0.338 e. The predicted molar refractivity (Wildman–Crippen MR) is 196 cm³/mol. The van der Waals surface area contributed by atoms with E-state index in [0.717, 1.165) is 0 Å². The van der Waals surface area contributed by atoms with Crippen LogP contribution in [0.1, 0.15) is 72.2 Å². The van der Waals surface area contributed by atoms with Crippen molar-refractivity contribution < 1.29 is 147 Å². The molecule has 1 aliphatic heterocycles. The summed E-state index contributed by atoms with van der Waals surface area (Å²) < 4.78 is 17.8. The molecule has 10 unspecified atom stereocenters. The van der Waals surface area contributed by atoms with Gasteiger partial charge in [-0.25, -0.2) is 9.59 Å². The fourth-order valence-corrected chi connectivity index (χ4v) is 10.1. The van der Waals surface area contributed by atoms with Crippen molar-refractivity contribution in [2.75, 3.05) is 6.61 Å². The number of nitrogens with one attached hydrogen (secondary N) is 1. The molecule has 3 fully saturated rings. The van der Waals surface area contributed by atoms with Gasteiger partial charge in [0.2, 0.25) is 0 Å². The Morgan fingerprint density at radius 1 is 0.912 bits per heavy atom. The Labute approximate surface area is 405 Å². The minimum Gasteiger partial charge on any atom is -0.456 e. The first kappa shape index (κ1) is 46.7. The molecule has 3 aliphatic carbocycles. The second kappa shape index (κ2) is 17.5. The fourth-order valence-electron chi connectivity index (χ4n) is 9.31. The van der Waals surface area contributed by atoms with Crippen LogP contribution in [0.5, 0.6) is 0 Å². The Morgan fingerprint density at radius 2 is 1.53 bits per heavy atom. The summed E-state index contributed by atoms with van der Waals surface area (Å²) in [6.45, 7) is 5.73. The number of Topliss-reactive ketones (excluding diaryl/α,β-unsaturated/α-hetero) is 1. The van der Waals surface area contributed by atoms with Crippen LogP contribution in [0.25, 0.3) is 0 Å².